The molecule has 0 unspecified atom stereocenters. The smallest absolute Gasteiger partial charge is 0.139 e. The molecule has 4 aliphatic rings. The topological polar surface area (TPSA) is 17.1 Å². The van der Waals surface area contributed by atoms with Gasteiger partial charge >= 0.3 is 0 Å². The van der Waals surface area contributed by atoms with Gasteiger partial charge in [0.05, 0.1) is 0 Å². The van der Waals surface area contributed by atoms with Crippen LogP contribution in [0.4, 0.5) is 0 Å². The maximum absolute atomic E-state index is 12.6. The fourth-order valence-corrected chi connectivity index (χ4v) is 7.33. The monoisotopic (exact) mass is 314 g/mol. The predicted molar refractivity (Wildman–Crippen MR) is 95.0 cm³/mol. The van der Waals surface area contributed by atoms with E-state index in [2.05, 4.69) is 40.7 Å². The van der Waals surface area contributed by atoms with Gasteiger partial charge in [0.15, 0.2) is 0 Å². The molecule has 4 aliphatic carbocycles. The van der Waals surface area contributed by atoms with Gasteiger partial charge in [0.25, 0.3) is 0 Å². The quantitative estimate of drug-likeness (QED) is 0.528. The van der Waals surface area contributed by atoms with Crippen molar-refractivity contribution in [1.82, 2.24) is 0 Å². The highest BCUT2D eigenvalue weighted by Crippen LogP contribution is 2.66. The van der Waals surface area contributed by atoms with E-state index >= 15 is 0 Å². The van der Waals surface area contributed by atoms with E-state index in [0.29, 0.717) is 23.0 Å². The zero-order valence-electron chi connectivity index (χ0n) is 15.7. The van der Waals surface area contributed by atoms with Gasteiger partial charge in [0.2, 0.25) is 0 Å². The third kappa shape index (κ3) is 1.94. The van der Waals surface area contributed by atoms with Gasteiger partial charge in [0, 0.05) is 11.8 Å². The lowest BCUT2D eigenvalue weighted by Gasteiger charge is -2.60. The van der Waals surface area contributed by atoms with Gasteiger partial charge < -0.3 is 0 Å². The molecule has 0 aromatic rings. The molecule has 1 heteroatoms. The van der Waals surface area contributed by atoms with E-state index in [1.54, 1.807) is 5.57 Å². The highest BCUT2D eigenvalue weighted by molar-refractivity contribution is 5.87. The van der Waals surface area contributed by atoms with Crippen LogP contribution in [0.5, 0.6) is 0 Å². The Morgan fingerprint density at radius 2 is 1.61 bits per heavy atom. The molecule has 0 saturated heterocycles. The summed E-state index contributed by atoms with van der Waals surface area (Å²) in [7, 11) is 0. The first kappa shape index (κ1) is 15.9. The number of rotatable bonds is 0. The third-order valence-corrected chi connectivity index (χ3v) is 9.03. The average molecular weight is 315 g/mol. The Labute approximate surface area is 142 Å². The van der Waals surface area contributed by atoms with Crippen molar-refractivity contribution < 1.29 is 4.79 Å². The molecule has 0 N–H and O–H groups in total. The van der Waals surface area contributed by atoms with Crippen molar-refractivity contribution in [1.29, 1.82) is 0 Å². The first-order chi connectivity index (χ1) is 10.8. The Kier molecular flexibility index (Phi) is 3.43. The number of ketones is 1. The molecule has 3 saturated carbocycles. The van der Waals surface area contributed by atoms with Crippen LogP contribution in [-0.4, -0.2) is 5.78 Å². The van der Waals surface area contributed by atoms with Crippen molar-refractivity contribution in [3.63, 3.8) is 0 Å². The van der Waals surface area contributed by atoms with Crippen LogP contribution >= 0.6 is 0 Å². The molecule has 0 spiro atoms. The molecule has 0 bridgehead atoms. The molecular weight excluding hydrogens is 280 g/mol. The van der Waals surface area contributed by atoms with Crippen molar-refractivity contribution in [2.24, 2.45) is 46.3 Å². The van der Waals surface area contributed by atoms with E-state index in [1.807, 2.05) is 0 Å². The Morgan fingerprint density at radius 3 is 2.35 bits per heavy atom. The van der Waals surface area contributed by atoms with Crippen LogP contribution in [-0.2, 0) is 4.79 Å². The van der Waals surface area contributed by atoms with Gasteiger partial charge in [-0.2, -0.15) is 0 Å². The van der Waals surface area contributed by atoms with Gasteiger partial charge in [0.1, 0.15) is 5.78 Å². The lowest BCUT2D eigenvalue weighted by atomic mass is 9.44. The summed E-state index contributed by atoms with van der Waals surface area (Å²) >= 11 is 0. The molecule has 23 heavy (non-hydrogen) atoms. The number of fused-ring (bicyclic) bond motifs is 5. The van der Waals surface area contributed by atoms with Crippen molar-refractivity contribution >= 4 is 5.78 Å². The second-order valence-corrected chi connectivity index (χ2v) is 9.91. The van der Waals surface area contributed by atoms with Crippen molar-refractivity contribution in [3.8, 4) is 0 Å². The number of carbonyl (C=O) groups excluding carboxylic acids is 1. The zero-order chi connectivity index (χ0) is 16.6. The van der Waals surface area contributed by atoms with Crippen LogP contribution in [0.3, 0.4) is 0 Å². The van der Waals surface area contributed by atoms with Crippen LogP contribution in [0.15, 0.2) is 11.6 Å². The molecule has 3 fully saturated rings. The minimum absolute atomic E-state index is 0.00467. The summed E-state index contributed by atoms with van der Waals surface area (Å²) in [4.78, 5) is 12.6. The molecular formula is C22H34O. The van der Waals surface area contributed by atoms with Gasteiger partial charge in [-0.15, -0.1) is 0 Å². The van der Waals surface area contributed by atoms with E-state index in [1.165, 1.54) is 19.3 Å². The molecule has 128 valence electrons. The highest BCUT2D eigenvalue weighted by Gasteiger charge is 2.60. The predicted octanol–water partition coefficient (Wildman–Crippen LogP) is 5.65. The number of Topliss-reactive ketones (excluding diaryl/α,β-unsaturated/α-hetero) is 1. The second kappa shape index (κ2) is 4.96. The molecule has 0 amide bonds. The van der Waals surface area contributed by atoms with E-state index in [4.69, 9.17) is 0 Å². The third-order valence-electron chi connectivity index (χ3n) is 9.03. The summed E-state index contributed by atoms with van der Waals surface area (Å²) in [5, 5.41) is 0. The van der Waals surface area contributed by atoms with E-state index in [-0.39, 0.29) is 5.41 Å². The molecule has 4 rings (SSSR count). The number of carbonyl (C=O) groups is 1. The van der Waals surface area contributed by atoms with Crippen LogP contribution < -0.4 is 0 Å². The fraction of sp³-hybridized carbons (Fsp3) is 0.864. The molecule has 0 radical (unpaired) electrons. The van der Waals surface area contributed by atoms with Gasteiger partial charge in [-0.3, -0.25) is 4.79 Å². The highest BCUT2D eigenvalue weighted by atomic mass is 16.1. The summed E-state index contributed by atoms with van der Waals surface area (Å²) in [5.74, 6) is 5.01. The normalized spacial score (nSPS) is 55.7. The molecule has 0 aromatic heterocycles. The molecule has 0 aliphatic heterocycles. The summed E-state index contributed by atoms with van der Waals surface area (Å²) in [5.41, 5.74) is 2.19. The van der Waals surface area contributed by atoms with E-state index < -0.39 is 0 Å². The SMILES string of the molecule is C[C@H]1C=C2[C@H](C)[C@@H](C)CC[C@]2(C)[C@H]2CC[C@]3(C)C(=O)CC[C@H]3[C@H]12. The zero-order valence-corrected chi connectivity index (χ0v) is 15.7. The Morgan fingerprint density at radius 1 is 0.957 bits per heavy atom. The first-order valence-corrected chi connectivity index (χ1v) is 10.0. The summed E-state index contributed by atoms with van der Waals surface area (Å²) < 4.78 is 0. The maximum atomic E-state index is 12.6. The minimum Gasteiger partial charge on any atom is -0.299 e. The molecule has 0 heterocycles. The number of hydrogen-bond acceptors (Lipinski definition) is 1. The van der Waals surface area contributed by atoms with Gasteiger partial charge in [-0.1, -0.05) is 46.3 Å². The molecule has 0 aromatic carbocycles. The minimum atomic E-state index is 0.00467. The number of hydrogen-bond donors (Lipinski definition) is 0. The summed E-state index contributed by atoms with van der Waals surface area (Å²) in [6.45, 7) is 12.2. The summed E-state index contributed by atoms with van der Waals surface area (Å²) in [6.07, 6.45) is 9.85. The molecule has 8 atom stereocenters. The Bertz CT molecular complexity index is 560. The van der Waals surface area contributed by atoms with Crippen molar-refractivity contribution in [2.45, 2.75) is 73.1 Å². The van der Waals surface area contributed by atoms with Gasteiger partial charge in [-0.25, -0.2) is 0 Å². The van der Waals surface area contributed by atoms with E-state index in [0.717, 1.165) is 42.9 Å². The molecule has 1 nitrogen and oxygen atoms in total. The average Bonchev–Trinajstić information content (AvgIpc) is 2.82. The lowest BCUT2D eigenvalue weighted by Crippen LogP contribution is -2.53. The van der Waals surface area contributed by atoms with Gasteiger partial charge in [-0.05, 0) is 73.0 Å². The largest absolute Gasteiger partial charge is 0.299 e. The standard InChI is InChI=1S/C22H34O/c1-13-8-10-21(4)17-9-11-22(5)16(6-7-19(22)23)20(17)14(2)12-18(21)15(13)3/h12-17,20H,6-11H2,1-5H3/t13-,14-,15+,16-,17-,20-,21+,22-/m0/s1. The van der Waals surface area contributed by atoms with Crippen molar-refractivity contribution in [2.75, 3.05) is 0 Å². The van der Waals surface area contributed by atoms with Crippen LogP contribution in [0.2, 0.25) is 0 Å². The van der Waals surface area contributed by atoms with Crippen LogP contribution in [0.25, 0.3) is 0 Å². The summed E-state index contributed by atoms with van der Waals surface area (Å²) in [6, 6.07) is 0. The van der Waals surface area contributed by atoms with E-state index in [9.17, 15) is 4.79 Å². The maximum Gasteiger partial charge on any atom is 0.139 e. The van der Waals surface area contributed by atoms with Crippen LogP contribution in [0.1, 0.15) is 73.1 Å². The van der Waals surface area contributed by atoms with Crippen LogP contribution in [0, 0.1) is 46.3 Å². The van der Waals surface area contributed by atoms with Crippen molar-refractivity contribution in [3.05, 3.63) is 11.6 Å². The lowest BCUT2D eigenvalue weighted by molar-refractivity contribution is -0.133. The number of allylic oxidation sites excluding steroid dienone is 2. The Hall–Kier alpha value is -0.590. The second-order valence-electron chi connectivity index (χ2n) is 9.91. The first-order valence-electron chi connectivity index (χ1n) is 10.0. The Balaban J connectivity index is 1.77. The fourth-order valence-electron chi connectivity index (χ4n) is 7.33.